The predicted molar refractivity (Wildman–Crippen MR) is 215 cm³/mol. The van der Waals surface area contributed by atoms with E-state index in [4.69, 9.17) is 0 Å². The van der Waals surface area contributed by atoms with Crippen molar-refractivity contribution in [2.75, 3.05) is 0 Å². The molecule has 5 aromatic carbocycles. The minimum Gasteiger partial charge on any atom is -0.508 e. The van der Waals surface area contributed by atoms with Gasteiger partial charge in [-0.2, -0.15) is 0 Å². The van der Waals surface area contributed by atoms with Gasteiger partial charge in [0.1, 0.15) is 28.7 Å². The van der Waals surface area contributed by atoms with Crippen molar-refractivity contribution in [3.05, 3.63) is 145 Å². The molecule has 0 aliphatic rings. The van der Waals surface area contributed by atoms with Gasteiger partial charge in [-0.15, -0.1) is 0 Å². The van der Waals surface area contributed by atoms with Crippen molar-refractivity contribution in [3.63, 3.8) is 0 Å². The Balaban J connectivity index is 0.000000244. The van der Waals surface area contributed by atoms with Gasteiger partial charge in [-0.05, 0) is 136 Å². The molecule has 0 radical (unpaired) electrons. The molecule has 0 atom stereocenters. The van der Waals surface area contributed by atoms with Crippen molar-refractivity contribution in [1.29, 1.82) is 0 Å². The van der Waals surface area contributed by atoms with Gasteiger partial charge in [0, 0.05) is 19.3 Å². The third kappa shape index (κ3) is 9.50. The Labute approximate surface area is 311 Å². The molecule has 0 aliphatic carbocycles. The standard InChI is InChI=1S/C27H32O3.C20H26O2/c1-5-18-8-9-25(28)21(11-18)15-23-13-20(7-3)14-24(27(23)30)16-22-12-19(6-2)10-17(4)26(22)29;1-5-14-8-13(4)19(21)17(10-14)12-18-11-15(6-2)9-16(7-3)20(18)22/h8-14,28-30H,5-7,15-16H2,1-4H3;8-11,21-22H,5-7,12H2,1-4H3. The van der Waals surface area contributed by atoms with Crippen LogP contribution in [0.1, 0.15) is 119 Å². The zero-order valence-corrected chi connectivity index (χ0v) is 32.5. The minimum atomic E-state index is 0.243. The van der Waals surface area contributed by atoms with Crippen molar-refractivity contribution in [1.82, 2.24) is 0 Å². The molecule has 0 fully saturated rings. The Bertz CT molecular complexity index is 2010. The lowest BCUT2D eigenvalue weighted by molar-refractivity contribution is 0.455. The second-order valence-electron chi connectivity index (χ2n) is 14.0. The van der Waals surface area contributed by atoms with Crippen LogP contribution in [0.15, 0.2) is 66.7 Å². The van der Waals surface area contributed by atoms with E-state index in [1.165, 1.54) is 16.7 Å². The summed E-state index contributed by atoms with van der Waals surface area (Å²) in [5.41, 5.74) is 13.7. The number of hydrogen-bond acceptors (Lipinski definition) is 5. The number of hydrogen-bond donors (Lipinski definition) is 5. The summed E-state index contributed by atoms with van der Waals surface area (Å²) in [7, 11) is 0. The third-order valence-electron chi connectivity index (χ3n) is 10.2. The van der Waals surface area contributed by atoms with Crippen LogP contribution in [0, 0.1) is 13.8 Å². The molecule has 0 saturated heterocycles. The summed E-state index contributed by atoms with van der Waals surface area (Å²) in [5, 5.41) is 52.8. The van der Waals surface area contributed by atoms with Gasteiger partial charge < -0.3 is 25.5 Å². The number of benzene rings is 5. The van der Waals surface area contributed by atoms with Crippen LogP contribution < -0.4 is 0 Å². The molecule has 52 heavy (non-hydrogen) atoms. The SMILES string of the molecule is CCc1cc(C)c(O)c(Cc2cc(CC)cc(CC)c2O)c1.CCc1ccc(O)c(Cc2cc(CC)cc(Cc3cc(CC)cc(C)c3O)c2O)c1. The van der Waals surface area contributed by atoms with E-state index in [1.54, 1.807) is 6.07 Å². The van der Waals surface area contributed by atoms with Gasteiger partial charge in [-0.1, -0.05) is 102 Å². The Morgan fingerprint density at radius 3 is 1.02 bits per heavy atom. The van der Waals surface area contributed by atoms with Crippen LogP contribution in [0.25, 0.3) is 0 Å². The summed E-state index contributed by atoms with van der Waals surface area (Å²) in [6.45, 7) is 16.4. The van der Waals surface area contributed by atoms with Crippen LogP contribution in [0.2, 0.25) is 0 Å². The van der Waals surface area contributed by atoms with E-state index in [2.05, 4.69) is 53.7 Å². The van der Waals surface area contributed by atoms with Gasteiger partial charge in [0.25, 0.3) is 0 Å². The number of phenolic OH excluding ortho intramolecular Hbond substituents is 5. The van der Waals surface area contributed by atoms with Gasteiger partial charge in [0.05, 0.1) is 0 Å². The fraction of sp³-hybridized carbons (Fsp3) is 0.362. The van der Waals surface area contributed by atoms with Crippen molar-refractivity contribution in [2.45, 2.75) is 113 Å². The molecule has 0 aromatic heterocycles. The molecule has 276 valence electrons. The first-order chi connectivity index (χ1) is 24.8. The van der Waals surface area contributed by atoms with Crippen LogP contribution in [0.3, 0.4) is 0 Å². The fourth-order valence-corrected chi connectivity index (χ4v) is 6.91. The van der Waals surface area contributed by atoms with Crippen LogP contribution in [-0.4, -0.2) is 25.5 Å². The molecular formula is C47H58O5. The van der Waals surface area contributed by atoms with E-state index < -0.39 is 0 Å². The molecule has 0 bridgehead atoms. The van der Waals surface area contributed by atoms with Gasteiger partial charge >= 0.3 is 0 Å². The third-order valence-corrected chi connectivity index (χ3v) is 10.2. The molecular weight excluding hydrogens is 645 g/mol. The molecule has 0 amide bonds. The maximum Gasteiger partial charge on any atom is 0.122 e. The van der Waals surface area contributed by atoms with Crippen molar-refractivity contribution in [2.24, 2.45) is 0 Å². The van der Waals surface area contributed by atoms with E-state index >= 15 is 0 Å². The molecule has 5 N–H and O–H groups in total. The lowest BCUT2D eigenvalue weighted by Crippen LogP contribution is -2.00. The molecule has 0 saturated carbocycles. The van der Waals surface area contributed by atoms with Crippen molar-refractivity contribution >= 4 is 0 Å². The number of aryl methyl sites for hydroxylation is 8. The average molecular weight is 703 g/mol. The first kappa shape index (κ1) is 39.9. The second-order valence-corrected chi connectivity index (χ2v) is 14.0. The predicted octanol–water partition coefficient (Wildman–Crippen LogP) is 10.7. The largest absolute Gasteiger partial charge is 0.508 e. The molecule has 5 rings (SSSR count). The first-order valence-electron chi connectivity index (χ1n) is 19.0. The summed E-state index contributed by atoms with van der Waals surface area (Å²) >= 11 is 0. The first-order valence-corrected chi connectivity index (χ1v) is 19.0. The molecule has 5 nitrogen and oxygen atoms in total. The normalized spacial score (nSPS) is 11.0. The Morgan fingerprint density at radius 2 is 0.635 bits per heavy atom. The van der Waals surface area contributed by atoms with Gasteiger partial charge in [-0.25, -0.2) is 0 Å². The maximum absolute atomic E-state index is 11.1. The Morgan fingerprint density at radius 1 is 0.327 bits per heavy atom. The van der Waals surface area contributed by atoms with Gasteiger partial charge in [-0.3, -0.25) is 0 Å². The minimum absolute atomic E-state index is 0.243. The summed E-state index contributed by atoms with van der Waals surface area (Å²) in [6, 6.07) is 21.9. The highest BCUT2D eigenvalue weighted by Crippen LogP contribution is 2.35. The highest BCUT2D eigenvalue weighted by molar-refractivity contribution is 5.53. The molecule has 0 spiro atoms. The number of phenols is 5. The smallest absolute Gasteiger partial charge is 0.122 e. The van der Waals surface area contributed by atoms with E-state index in [9.17, 15) is 25.5 Å². The van der Waals surface area contributed by atoms with E-state index in [0.717, 1.165) is 99.7 Å². The molecule has 0 heterocycles. The Hall–Kier alpha value is -4.90. The van der Waals surface area contributed by atoms with Crippen molar-refractivity contribution < 1.29 is 25.5 Å². The van der Waals surface area contributed by atoms with Gasteiger partial charge in [0.15, 0.2) is 0 Å². The summed E-state index contributed by atoms with van der Waals surface area (Å²) in [5.74, 6) is 1.50. The quantitative estimate of drug-likeness (QED) is 0.0891. The average Bonchev–Trinajstić information content (AvgIpc) is 3.15. The molecule has 0 aliphatic heterocycles. The maximum atomic E-state index is 11.1. The molecule has 5 aromatic rings. The summed E-state index contributed by atoms with van der Waals surface area (Å²) in [4.78, 5) is 0. The van der Waals surface area contributed by atoms with Crippen LogP contribution in [0.4, 0.5) is 0 Å². The topological polar surface area (TPSA) is 101 Å². The van der Waals surface area contributed by atoms with Crippen molar-refractivity contribution in [3.8, 4) is 28.7 Å². The molecule has 0 unspecified atom stereocenters. The van der Waals surface area contributed by atoms with Crippen LogP contribution in [0.5, 0.6) is 28.7 Å². The fourth-order valence-electron chi connectivity index (χ4n) is 6.91. The van der Waals surface area contributed by atoms with E-state index in [1.807, 2.05) is 62.4 Å². The highest BCUT2D eigenvalue weighted by atomic mass is 16.3. The number of aromatic hydroxyl groups is 5. The van der Waals surface area contributed by atoms with E-state index in [-0.39, 0.29) is 11.5 Å². The monoisotopic (exact) mass is 702 g/mol. The summed E-state index contributed by atoms with van der Waals surface area (Å²) in [6.07, 6.45) is 6.83. The van der Waals surface area contributed by atoms with E-state index in [0.29, 0.717) is 36.5 Å². The van der Waals surface area contributed by atoms with Crippen LogP contribution >= 0.6 is 0 Å². The highest BCUT2D eigenvalue weighted by Gasteiger charge is 2.17. The van der Waals surface area contributed by atoms with Crippen LogP contribution in [-0.2, 0) is 57.8 Å². The lowest BCUT2D eigenvalue weighted by atomic mass is 9.92. The second kappa shape index (κ2) is 18.0. The molecule has 5 heteroatoms. The number of rotatable bonds is 12. The zero-order chi connectivity index (χ0) is 38.1. The lowest BCUT2D eigenvalue weighted by Gasteiger charge is -2.16. The van der Waals surface area contributed by atoms with Gasteiger partial charge in [0.2, 0.25) is 0 Å². The Kier molecular flexibility index (Phi) is 13.8. The summed E-state index contributed by atoms with van der Waals surface area (Å²) < 4.78 is 0. The zero-order valence-electron chi connectivity index (χ0n) is 32.5.